The van der Waals surface area contributed by atoms with Crippen molar-refractivity contribution in [2.24, 2.45) is 5.92 Å². The van der Waals surface area contributed by atoms with E-state index >= 15 is 0 Å². The van der Waals surface area contributed by atoms with Gasteiger partial charge in [0.2, 0.25) is 0 Å². The number of nitrogens with two attached hydrogens (primary N) is 1. The van der Waals surface area contributed by atoms with Crippen molar-refractivity contribution in [2.45, 2.75) is 20.3 Å². The molecule has 0 saturated carbocycles. The molecule has 3 nitrogen and oxygen atoms in total. The molecule has 84 valence electrons. The zero-order chi connectivity index (χ0) is 11.4. The van der Waals surface area contributed by atoms with Crippen molar-refractivity contribution in [3.63, 3.8) is 0 Å². The van der Waals surface area contributed by atoms with Crippen LogP contribution in [0.3, 0.4) is 0 Å². The van der Waals surface area contributed by atoms with Crippen LogP contribution in [0.5, 0.6) is 0 Å². The van der Waals surface area contributed by atoms with Crippen LogP contribution in [0.1, 0.15) is 25.1 Å². The number of hydrogen-bond acceptors (Lipinski definition) is 4. The van der Waals surface area contributed by atoms with Gasteiger partial charge in [-0.2, -0.15) is 4.37 Å². The quantitative estimate of drug-likeness (QED) is 0.820. The van der Waals surface area contributed by atoms with Gasteiger partial charge >= 0.3 is 0 Å². The second kappa shape index (κ2) is 5.63. The first-order chi connectivity index (χ1) is 7.06. The molecule has 0 fully saturated rings. The summed E-state index contributed by atoms with van der Waals surface area (Å²) in [4.78, 5) is 1.39. The second-order valence-electron chi connectivity index (χ2n) is 3.43. The Morgan fingerprint density at radius 1 is 1.73 bits per heavy atom. The lowest BCUT2D eigenvalue weighted by molar-refractivity contribution is 0.551. The summed E-state index contributed by atoms with van der Waals surface area (Å²) in [5.41, 5.74) is 5.54. The molecule has 0 unspecified atom stereocenters. The van der Waals surface area contributed by atoms with Gasteiger partial charge < -0.3 is 11.1 Å². The molecule has 0 spiro atoms. The zero-order valence-corrected chi connectivity index (χ0v) is 11.1. The Labute approximate surface area is 104 Å². The van der Waals surface area contributed by atoms with Crippen LogP contribution in [0.15, 0.2) is 0 Å². The van der Waals surface area contributed by atoms with E-state index in [1.165, 1.54) is 11.5 Å². The maximum absolute atomic E-state index is 5.95. The molecule has 0 aromatic carbocycles. The lowest BCUT2D eigenvalue weighted by Crippen LogP contribution is -2.26. The highest BCUT2D eigenvalue weighted by atomic mass is 35.5. The number of anilines is 1. The molecular formula is C9H14ClN3S2. The Morgan fingerprint density at radius 3 is 2.87 bits per heavy atom. The third kappa shape index (κ3) is 3.29. The van der Waals surface area contributed by atoms with Crippen molar-refractivity contribution in [1.82, 2.24) is 9.69 Å². The Kier molecular flexibility index (Phi) is 4.76. The predicted molar refractivity (Wildman–Crippen MR) is 70.7 cm³/mol. The summed E-state index contributed by atoms with van der Waals surface area (Å²) in [5.74, 6) is 0.941. The molecule has 3 N–H and O–H groups in total. The lowest BCUT2D eigenvalue weighted by Gasteiger charge is -2.10. The average molecular weight is 264 g/mol. The molecule has 0 saturated heterocycles. The van der Waals surface area contributed by atoms with Gasteiger partial charge in [0, 0.05) is 6.54 Å². The van der Waals surface area contributed by atoms with E-state index in [9.17, 15) is 0 Å². The normalized spacial score (nSPS) is 12.5. The van der Waals surface area contributed by atoms with Crippen molar-refractivity contribution in [2.75, 3.05) is 12.3 Å². The van der Waals surface area contributed by atoms with E-state index in [1.807, 2.05) is 0 Å². The van der Waals surface area contributed by atoms with Crippen molar-refractivity contribution in [1.29, 1.82) is 0 Å². The molecule has 1 aromatic heterocycles. The highest BCUT2D eigenvalue weighted by molar-refractivity contribution is 7.81. The minimum Gasteiger partial charge on any atom is -0.382 e. The number of nitrogens with one attached hydrogen (secondary N) is 1. The molecule has 0 amide bonds. The maximum atomic E-state index is 5.95. The summed E-state index contributed by atoms with van der Waals surface area (Å²) >= 11 is 12.4. The van der Waals surface area contributed by atoms with Gasteiger partial charge in [-0.3, -0.25) is 0 Å². The average Bonchev–Trinajstić information content (AvgIpc) is 2.56. The minimum absolute atomic E-state index is 0.351. The van der Waals surface area contributed by atoms with Crippen LogP contribution < -0.4 is 11.1 Å². The molecule has 1 heterocycles. The first kappa shape index (κ1) is 12.7. The molecule has 0 bridgehead atoms. The van der Waals surface area contributed by atoms with E-state index < -0.39 is 0 Å². The van der Waals surface area contributed by atoms with E-state index in [0.29, 0.717) is 21.7 Å². The summed E-state index contributed by atoms with van der Waals surface area (Å²) in [5, 5.41) is 3.63. The number of aromatic nitrogens is 1. The fourth-order valence-corrected chi connectivity index (χ4v) is 2.19. The highest BCUT2D eigenvalue weighted by Gasteiger charge is 2.13. The third-order valence-corrected chi connectivity index (χ3v) is 4.02. The molecule has 0 aliphatic heterocycles. The molecule has 1 aromatic rings. The van der Waals surface area contributed by atoms with E-state index in [2.05, 4.69) is 23.5 Å². The summed E-state index contributed by atoms with van der Waals surface area (Å²) in [6.07, 6.45) is 1.12. The monoisotopic (exact) mass is 263 g/mol. The summed E-state index contributed by atoms with van der Waals surface area (Å²) in [6.45, 7) is 5.16. The maximum Gasteiger partial charge on any atom is 0.156 e. The van der Waals surface area contributed by atoms with Crippen LogP contribution in [0, 0.1) is 5.92 Å². The molecule has 15 heavy (non-hydrogen) atoms. The van der Waals surface area contributed by atoms with Crippen LogP contribution in [-0.2, 0) is 0 Å². The highest BCUT2D eigenvalue weighted by Crippen LogP contribution is 2.26. The first-order valence-corrected chi connectivity index (χ1v) is 6.31. The zero-order valence-electron chi connectivity index (χ0n) is 8.71. The topological polar surface area (TPSA) is 50.9 Å². The largest absolute Gasteiger partial charge is 0.382 e. The molecule has 0 aliphatic carbocycles. The van der Waals surface area contributed by atoms with E-state index in [-0.39, 0.29) is 0 Å². The molecular weight excluding hydrogens is 250 g/mol. The predicted octanol–water partition coefficient (Wildman–Crippen LogP) is 2.69. The molecule has 0 aliphatic rings. The van der Waals surface area contributed by atoms with Crippen molar-refractivity contribution in [3.8, 4) is 0 Å². The van der Waals surface area contributed by atoms with Crippen molar-refractivity contribution < 1.29 is 0 Å². The van der Waals surface area contributed by atoms with Gasteiger partial charge in [0.05, 0.1) is 0 Å². The Bertz CT molecular complexity index is 351. The molecule has 0 radical (unpaired) electrons. The first-order valence-electron chi connectivity index (χ1n) is 4.75. The molecule has 1 atom stereocenters. The van der Waals surface area contributed by atoms with Crippen LogP contribution in [0.25, 0.3) is 0 Å². The Hall–Kier alpha value is -0.390. The van der Waals surface area contributed by atoms with Crippen LogP contribution in [-0.4, -0.2) is 15.9 Å². The number of thiocarbonyl (C=S) groups is 1. The SMILES string of the molecule is CC[C@H](C)CNC(=S)c1snc(N)c1Cl. The van der Waals surface area contributed by atoms with E-state index in [1.54, 1.807) is 0 Å². The van der Waals surface area contributed by atoms with Crippen LogP contribution in [0.2, 0.25) is 5.02 Å². The number of hydrogen-bond donors (Lipinski definition) is 2. The van der Waals surface area contributed by atoms with Crippen molar-refractivity contribution >= 4 is 46.2 Å². The molecule has 6 heteroatoms. The van der Waals surface area contributed by atoms with Gasteiger partial charge in [-0.1, -0.05) is 44.1 Å². The van der Waals surface area contributed by atoms with Gasteiger partial charge in [0.15, 0.2) is 5.82 Å². The summed E-state index contributed by atoms with van der Waals surface area (Å²) in [6, 6.07) is 0. The van der Waals surface area contributed by atoms with E-state index in [4.69, 9.17) is 29.6 Å². The smallest absolute Gasteiger partial charge is 0.156 e. The van der Waals surface area contributed by atoms with Gasteiger partial charge in [-0.15, -0.1) is 0 Å². The van der Waals surface area contributed by atoms with Gasteiger partial charge in [0.25, 0.3) is 0 Å². The summed E-state index contributed by atoms with van der Waals surface area (Å²) in [7, 11) is 0. The van der Waals surface area contributed by atoms with Gasteiger partial charge in [0.1, 0.15) is 14.9 Å². The van der Waals surface area contributed by atoms with E-state index in [0.717, 1.165) is 17.8 Å². The minimum atomic E-state index is 0.351. The second-order valence-corrected chi connectivity index (χ2v) is 4.99. The standard InChI is InChI=1S/C9H14ClN3S2/c1-3-5(2)4-12-9(14)7-6(10)8(11)13-15-7/h5H,3-4H2,1-2H3,(H2,11,13)(H,12,14)/t5-/m0/s1. The lowest BCUT2D eigenvalue weighted by atomic mass is 10.1. The fraction of sp³-hybridized carbons (Fsp3) is 0.556. The number of rotatable bonds is 4. The van der Waals surface area contributed by atoms with Gasteiger partial charge in [-0.25, -0.2) is 0 Å². The number of nitrogen functional groups attached to an aromatic ring is 1. The fourth-order valence-electron chi connectivity index (χ4n) is 0.924. The third-order valence-electron chi connectivity index (χ3n) is 2.17. The summed E-state index contributed by atoms with van der Waals surface area (Å²) < 4.78 is 3.94. The van der Waals surface area contributed by atoms with Crippen molar-refractivity contribution in [3.05, 3.63) is 9.90 Å². The van der Waals surface area contributed by atoms with Crippen LogP contribution >= 0.6 is 35.4 Å². The molecule has 1 rings (SSSR count). The van der Waals surface area contributed by atoms with Crippen LogP contribution in [0.4, 0.5) is 5.82 Å². The Balaban J connectivity index is 2.58. The Morgan fingerprint density at radius 2 is 2.40 bits per heavy atom. The van der Waals surface area contributed by atoms with Gasteiger partial charge in [-0.05, 0) is 17.5 Å². The number of nitrogens with zero attached hydrogens (tertiary/aromatic N) is 1. The number of halogens is 1.